The Kier molecular flexibility index (Phi) is 5.41. The number of halogens is 4. The number of aromatic nitrogens is 2. The second-order valence-electron chi connectivity index (χ2n) is 10.1. The molecule has 2 aliphatic rings. The first-order valence-corrected chi connectivity index (χ1v) is 11.7. The Morgan fingerprint density at radius 1 is 1.03 bits per heavy atom. The molecule has 0 aliphatic carbocycles. The van der Waals surface area contributed by atoms with Crippen molar-refractivity contribution in [3.05, 3.63) is 57.5 Å². The summed E-state index contributed by atoms with van der Waals surface area (Å²) in [6.45, 7) is 6.76. The summed E-state index contributed by atoms with van der Waals surface area (Å²) in [5.41, 5.74) is 1.58. The molecule has 11 heteroatoms. The van der Waals surface area contributed by atoms with Crippen molar-refractivity contribution in [2.45, 2.75) is 20.2 Å². The molecule has 4 heterocycles. The van der Waals surface area contributed by atoms with Crippen LogP contribution >= 0.6 is 11.6 Å². The van der Waals surface area contributed by atoms with E-state index in [1.807, 2.05) is 0 Å². The number of fused-ring (bicyclic) bond motifs is 2. The van der Waals surface area contributed by atoms with Gasteiger partial charge in [0, 0.05) is 49.7 Å². The number of hydrogen-bond donors (Lipinski definition) is 0. The predicted octanol–water partition coefficient (Wildman–Crippen LogP) is 4.71. The van der Waals surface area contributed by atoms with Gasteiger partial charge in [0.1, 0.15) is 28.1 Å². The summed E-state index contributed by atoms with van der Waals surface area (Å²) in [4.78, 5) is 21.7. The summed E-state index contributed by atoms with van der Waals surface area (Å²) in [6, 6.07) is 11.3. The van der Waals surface area contributed by atoms with Crippen molar-refractivity contribution in [2.75, 3.05) is 36.0 Å². The van der Waals surface area contributed by atoms with Crippen LogP contribution in [0.2, 0.25) is 5.15 Å². The van der Waals surface area contributed by atoms with E-state index in [0.717, 1.165) is 5.69 Å². The molecule has 0 radical (unpaired) electrons. The first-order valence-electron chi connectivity index (χ1n) is 11.3. The van der Waals surface area contributed by atoms with E-state index in [9.17, 15) is 23.2 Å². The zero-order valence-electron chi connectivity index (χ0n) is 19.9. The molecule has 3 aromatic rings. The van der Waals surface area contributed by atoms with Crippen LogP contribution in [0, 0.1) is 22.2 Å². The lowest BCUT2D eigenvalue weighted by Gasteiger charge is -2.30. The molecule has 0 saturated carbocycles. The largest absolute Gasteiger partial charge is 0.573 e. The van der Waals surface area contributed by atoms with Gasteiger partial charge in [-0.25, -0.2) is 4.98 Å². The normalized spacial score (nSPS) is 23.7. The lowest BCUT2D eigenvalue weighted by Crippen LogP contribution is -2.34. The maximum atomic E-state index is 13.0. The molecule has 5 rings (SSSR count). The van der Waals surface area contributed by atoms with Gasteiger partial charge in [-0.3, -0.25) is 4.79 Å². The molecule has 2 fully saturated rings. The van der Waals surface area contributed by atoms with Crippen LogP contribution in [-0.2, 0) is 7.05 Å². The van der Waals surface area contributed by atoms with Gasteiger partial charge >= 0.3 is 6.36 Å². The highest BCUT2D eigenvalue weighted by molar-refractivity contribution is 6.29. The summed E-state index contributed by atoms with van der Waals surface area (Å²) >= 11 is 6.19. The molecule has 0 unspecified atom stereocenters. The SMILES string of the molecule is Cn1c(=O)c(C#N)c(N2C[C@]3(C)CN(c4ccc(OC(F)(F)F)cc4)C[C@]3(C)C2)c2nc(Cl)ccc21. The first-order chi connectivity index (χ1) is 16.8. The van der Waals surface area contributed by atoms with Crippen molar-refractivity contribution in [1.29, 1.82) is 5.26 Å². The summed E-state index contributed by atoms with van der Waals surface area (Å²) in [6.07, 6.45) is -4.74. The average Bonchev–Trinajstić information content (AvgIpc) is 3.19. The van der Waals surface area contributed by atoms with Crippen LogP contribution < -0.4 is 20.1 Å². The third kappa shape index (κ3) is 3.82. The first kappa shape index (κ1) is 24.3. The fraction of sp³-hybridized carbons (Fsp3) is 0.400. The van der Waals surface area contributed by atoms with Gasteiger partial charge < -0.3 is 19.1 Å². The monoisotopic (exact) mass is 517 g/mol. The Balaban J connectivity index is 1.47. The standard InChI is InChI=1S/C25H23ClF3N5O2/c1-23-11-33(15-4-6-16(7-5-15)36-25(27,28)29)12-24(23,2)14-34(13-23)21-17(10-30)22(35)32(3)18-8-9-19(26)31-20(18)21/h4-9H,11-14H2,1-3H3/t23-,24+. The Morgan fingerprint density at radius 3 is 2.17 bits per heavy atom. The maximum absolute atomic E-state index is 13.0. The van der Waals surface area contributed by atoms with Gasteiger partial charge in [0.2, 0.25) is 0 Å². The molecule has 188 valence electrons. The topological polar surface area (TPSA) is 74.4 Å². The van der Waals surface area contributed by atoms with Gasteiger partial charge in [-0.05, 0) is 36.4 Å². The molecular weight excluding hydrogens is 495 g/mol. The number of hydrogen-bond acceptors (Lipinski definition) is 6. The lowest BCUT2D eigenvalue weighted by atomic mass is 9.71. The number of aryl methyl sites for hydroxylation is 1. The number of pyridine rings is 2. The molecule has 0 spiro atoms. The molecule has 0 N–H and O–H groups in total. The van der Waals surface area contributed by atoms with Crippen LogP contribution in [0.3, 0.4) is 0 Å². The summed E-state index contributed by atoms with van der Waals surface area (Å²) in [5, 5.41) is 10.2. The van der Waals surface area contributed by atoms with Gasteiger partial charge in [0.25, 0.3) is 5.56 Å². The fourth-order valence-corrected chi connectivity index (χ4v) is 5.79. The highest BCUT2D eigenvalue weighted by Gasteiger charge is 2.58. The molecule has 2 atom stereocenters. The number of nitrogens with zero attached hydrogens (tertiary/aromatic N) is 5. The molecule has 0 amide bonds. The summed E-state index contributed by atoms with van der Waals surface area (Å²) in [7, 11) is 1.61. The van der Waals surface area contributed by atoms with E-state index in [2.05, 4.69) is 39.4 Å². The number of benzene rings is 1. The molecule has 1 aromatic carbocycles. The van der Waals surface area contributed by atoms with Crippen LogP contribution in [-0.4, -0.2) is 42.1 Å². The van der Waals surface area contributed by atoms with E-state index in [4.69, 9.17) is 11.6 Å². The van der Waals surface area contributed by atoms with E-state index in [1.165, 1.54) is 16.7 Å². The van der Waals surface area contributed by atoms with E-state index in [1.54, 1.807) is 31.3 Å². The van der Waals surface area contributed by atoms with Crippen molar-refractivity contribution < 1.29 is 17.9 Å². The number of anilines is 2. The fourth-order valence-electron chi connectivity index (χ4n) is 5.64. The second-order valence-corrected chi connectivity index (χ2v) is 10.5. The molecule has 2 aromatic heterocycles. The second kappa shape index (κ2) is 8.03. The zero-order valence-corrected chi connectivity index (χ0v) is 20.6. The van der Waals surface area contributed by atoms with Crippen molar-refractivity contribution in [1.82, 2.24) is 9.55 Å². The van der Waals surface area contributed by atoms with E-state index >= 15 is 0 Å². The third-order valence-corrected chi connectivity index (χ3v) is 7.87. The number of ether oxygens (including phenoxy) is 1. The van der Waals surface area contributed by atoms with E-state index in [0.29, 0.717) is 42.9 Å². The van der Waals surface area contributed by atoms with Gasteiger partial charge in [-0.1, -0.05) is 25.4 Å². The minimum absolute atomic E-state index is 0.0315. The Labute approximate surface area is 210 Å². The Morgan fingerprint density at radius 2 is 1.61 bits per heavy atom. The van der Waals surface area contributed by atoms with E-state index < -0.39 is 6.36 Å². The van der Waals surface area contributed by atoms with Gasteiger partial charge in [0.15, 0.2) is 0 Å². The average molecular weight is 518 g/mol. The van der Waals surface area contributed by atoms with Crippen molar-refractivity contribution in [2.24, 2.45) is 17.9 Å². The van der Waals surface area contributed by atoms with Crippen LogP contribution in [0.1, 0.15) is 19.4 Å². The number of nitriles is 1. The number of rotatable bonds is 3. The van der Waals surface area contributed by atoms with Gasteiger partial charge in [0.05, 0.1) is 11.2 Å². The molecule has 0 bridgehead atoms. The Hall–Kier alpha value is -3.45. The zero-order chi connectivity index (χ0) is 26.0. The van der Waals surface area contributed by atoms with Crippen LogP contribution in [0.5, 0.6) is 5.75 Å². The summed E-state index contributed by atoms with van der Waals surface area (Å²) in [5.74, 6) is -0.262. The minimum atomic E-state index is -4.74. The quantitative estimate of drug-likeness (QED) is 0.468. The smallest absolute Gasteiger partial charge is 0.406 e. The lowest BCUT2D eigenvalue weighted by molar-refractivity contribution is -0.274. The molecule has 7 nitrogen and oxygen atoms in total. The maximum Gasteiger partial charge on any atom is 0.573 e. The molecular formula is C25H23ClF3N5O2. The van der Waals surface area contributed by atoms with Gasteiger partial charge in [-0.15, -0.1) is 13.2 Å². The Bertz CT molecular complexity index is 1450. The molecule has 2 saturated heterocycles. The minimum Gasteiger partial charge on any atom is -0.406 e. The third-order valence-electron chi connectivity index (χ3n) is 7.66. The van der Waals surface area contributed by atoms with Crippen molar-refractivity contribution in [3.63, 3.8) is 0 Å². The van der Waals surface area contributed by atoms with Gasteiger partial charge in [-0.2, -0.15) is 5.26 Å². The number of alkyl halides is 3. The van der Waals surface area contributed by atoms with Crippen LogP contribution in [0.25, 0.3) is 11.0 Å². The predicted molar refractivity (Wildman–Crippen MR) is 130 cm³/mol. The van der Waals surface area contributed by atoms with Crippen molar-refractivity contribution in [3.8, 4) is 11.8 Å². The van der Waals surface area contributed by atoms with E-state index in [-0.39, 0.29) is 32.9 Å². The molecule has 2 aliphatic heterocycles. The van der Waals surface area contributed by atoms with Crippen LogP contribution in [0.15, 0.2) is 41.2 Å². The highest BCUT2D eigenvalue weighted by atomic mass is 35.5. The molecule has 36 heavy (non-hydrogen) atoms. The summed E-state index contributed by atoms with van der Waals surface area (Å²) < 4.78 is 42.9. The van der Waals surface area contributed by atoms with Crippen molar-refractivity contribution >= 4 is 34.0 Å². The van der Waals surface area contributed by atoms with Crippen LogP contribution in [0.4, 0.5) is 24.5 Å². The highest BCUT2D eigenvalue weighted by Crippen LogP contribution is 2.54.